The van der Waals surface area contributed by atoms with Gasteiger partial charge in [0.2, 0.25) is 0 Å². The molecule has 0 N–H and O–H groups in total. The van der Waals surface area contributed by atoms with Gasteiger partial charge in [-0.3, -0.25) is 0 Å². The number of hydrogen-bond donors (Lipinski definition) is 0. The van der Waals surface area contributed by atoms with E-state index in [9.17, 15) is 18.4 Å². The highest BCUT2D eigenvalue weighted by Gasteiger charge is 2.13. The Hall–Kier alpha value is -1.86. The van der Waals surface area contributed by atoms with Crippen LogP contribution in [0.15, 0.2) is 12.7 Å². The summed E-state index contributed by atoms with van der Waals surface area (Å²) in [7, 11) is 0. The molecule has 0 saturated heterocycles. The molecule has 0 aromatic heterocycles. The number of halogens is 2. The fraction of sp³-hybridized carbons (Fsp3) is 0.600. The summed E-state index contributed by atoms with van der Waals surface area (Å²) in [5.41, 5.74) is 0. The minimum Gasteiger partial charge on any atom is -0.429 e. The Morgan fingerprint density at radius 3 is 1.28 bits per heavy atom. The normalized spacial score (nSPS) is 9.11. The fourth-order valence-corrected chi connectivity index (χ4v) is 0.492. The number of carbonyl (C=O) groups is 2. The molecule has 0 aliphatic rings. The van der Waals surface area contributed by atoms with E-state index < -0.39 is 18.4 Å². The molecule has 0 fully saturated rings. The van der Waals surface area contributed by atoms with Crippen LogP contribution in [0.4, 0.5) is 18.4 Å². The summed E-state index contributed by atoms with van der Waals surface area (Å²) >= 11 is 0. The van der Waals surface area contributed by atoms with E-state index in [1.165, 1.54) is 0 Å². The van der Waals surface area contributed by atoms with Crippen molar-refractivity contribution in [1.29, 1.82) is 0 Å². The largest absolute Gasteiger partial charge is 0.550 e. The van der Waals surface area contributed by atoms with Gasteiger partial charge >= 0.3 is 12.3 Å². The number of carbonyl (C=O) groups excluding carboxylic acids is 2. The fourth-order valence-electron chi connectivity index (χ4n) is 0.492. The van der Waals surface area contributed by atoms with Gasteiger partial charge in [0.1, 0.15) is 0 Å². The second kappa shape index (κ2) is 10.3. The van der Waals surface area contributed by atoms with Crippen molar-refractivity contribution in [1.82, 2.24) is 0 Å². The maximum atomic E-state index is 10.7. The molecule has 106 valence electrons. The van der Waals surface area contributed by atoms with Crippen LogP contribution in [-0.2, 0) is 19.2 Å². The van der Waals surface area contributed by atoms with Crippen molar-refractivity contribution in [2.75, 3.05) is 0 Å². The third-order valence-electron chi connectivity index (χ3n) is 0.842. The van der Waals surface area contributed by atoms with E-state index >= 15 is 0 Å². The van der Waals surface area contributed by atoms with Gasteiger partial charge in [-0.05, 0) is 34.3 Å². The summed E-state index contributed by atoms with van der Waals surface area (Å²) < 4.78 is 29.3. The van der Waals surface area contributed by atoms with Crippen LogP contribution in [0.1, 0.15) is 27.7 Å². The van der Waals surface area contributed by atoms with Crippen molar-refractivity contribution in [3.63, 3.8) is 0 Å². The molecule has 0 amide bonds. The predicted octanol–water partition coefficient (Wildman–Crippen LogP) is 3.42. The third kappa shape index (κ3) is 19.7. The first-order chi connectivity index (χ1) is 8.15. The summed E-state index contributed by atoms with van der Waals surface area (Å²) in [5, 5.41) is 0. The van der Waals surface area contributed by atoms with Gasteiger partial charge in [0.25, 0.3) is 6.08 Å². The first kappa shape index (κ1) is 18.5. The first-order valence-electron chi connectivity index (χ1n) is 4.90. The molecule has 0 radical (unpaired) electrons. The monoisotopic (exact) mass is 270 g/mol. The predicted molar refractivity (Wildman–Crippen MR) is 56.8 cm³/mol. The van der Waals surface area contributed by atoms with Crippen molar-refractivity contribution < 1.29 is 37.6 Å². The van der Waals surface area contributed by atoms with Crippen LogP contribution in [0, 0.1) is 0 Å². The highest BCUT2D eigenvalue weighted by atomic mass is 19.3. The molecule has 0 aromatic carbocycles. The zero-order chi connectivity index (χ0) is 14.7. The molecule has 0 aromatic rings. The highest BCUT2D eigenvalue weighted by molar-refractivity contribution is 5.63. The Morgan fingerprint density at radius 1 is 0.889 bits per heavy atom. The topological polar surface area (TPSA) is 71.1 Å². The second-order valence-corrected chi connectivity index (χ2v) is 3.34. The number of ether oxygens (including phenoxy) is 2. The minimum absolute atomic E-state index is 0.341. The molecule has 0 spiro atoms. The molecule has 0 heterocycles. The van der Waals surface area contributed by atoms with Gasteiger partial charge in [0.15, 0.2) is 0 Å². The zero-order valence-corrected chi connectivity index (χ0v) is 10.6. The summed E-state index contributed by atoms with van der Waals surface area (Å²) in [4.78, 5) is 29.3. The molecule has 0 bridgehead atoms. The number of hydrogen-bond acceptors (Lipinski definition) is 6. The first-order valence-corrected chi connectivity index (χ1v) is 4.90. The minimum atomic E-state index is -1.83. The molecule has 0 aliphatic carbocycles. The molecule has 18 heavy (non-hydrogen) atoms. The van der Waals surface area contributed by atoms with E-state index in [1.807, 2.05) is 0 Å². The maximum Gasteiger partial charge on any atom is 0.550 e. The second-order valence-electron chi connectivity index (χ2n) is 3.34. The average Bonchev–Trinajstić information content (AvgIpc) is 2.11. The smallest absolute Gasteiger partial charge is 0.429 e. The third-order valence-corrected chi connectivity index (χ3v) is 0.842. The van der Waals surface area contributed by atoms with Gasteiger partial charge < -0.3 is 9.47 Å². The summed E-state index contributed by atoms with van der Waals surface area (Å²) in [5.74, 6) is 0. The van der Waals surface area contributed by atoms with E-state index in [1.54, 1.807) is 27.7 Å². The van der Waals surface area contributed by atoms with Crippen LogP contribution in [0.5, 0.6) is 0 Å². The Bertz CT molecular complexity index is 252. The van der Waals surface area contributed by atoms with Gasteiger partial charge in [0.05, 0.1) is 12.2 Å². The van der Waals surface area contributed by atoms with Gasteiger partial charge in [-0.1, -0.05) is 0 Å². The standard InChI is InChI=1S/C8H14O6.C2H2F2/c1-5(2)11-7(9)13-14-8(10)12-6(3)4;1-2(3)4/h5-6H,1-4H3;1H2. The van der Waals surface area contributed by atoms with E-state index in [0.717, 1.165) is 0 Å². The Balaban J connectivity index is 0. The van der Waals surface area contributed by atoms with Crippen molar-refractivity contribution >= 4 is 12.3 Å². The average molecular weight is 270 g/mol. The zero-order valence-electron chi connectivity index (χ0n) is 10.6. The number of rotatable bonds is 2. The molecule has 0 unspecified atom stereocenters. The van der Waals surface area contributed by atoms with Gasteiger partial charge in [0, 0.05) is 0 Å². The lowest BCUT2D eigenvalue weighted by molar-refractivity contribution is -0.222. The Labute approximate surface area is 103 Å². The van der Waals surface area contributed by atoms with E-state index in [-0.39, 0.29) is 12.2 Å². The van der Waals surface area contributed by atoms with E-state index in [0.29, 0.717) is 0 Å². The molecule has 6 nitrogen and oxygen atoms in total. The molecular formula is C10H16F2O6. The van der Waals surface area contributed by atoms with Gasteiger partial charge in [-0.25, -0.2) is 0 Å². The van der Waals surface area contributed by atoms with Crippen molar-refractivity contribution in [3.8, 4) is 0 Å². The van der Waals surface area contributed by atoms with Gasteiger partial charge in [-0.2, -0.15) is 28.1 Å². The van der Waals surface area contributed by atoms with Crippen molar-refractivity contribution in [2.45, 2.75) is 39.9 Å². The summed E-state index contributed by atoms with van der Waals surface area (Å²) in [6, 6.07) is 0. The van der Waals surface area contributed by atoms with Crippen LogP contribution in [0.25, 0.3) is 0 Å². The molecule has 0 rings (SSSR count). The van der Waals surface area contributed by atoms with Crippen LogP contribution >= 0.6 is 0 Å². The summed E-state index contributed by atoms with van der Waals surface area (Å²) in [6.45, 7) is 8.75. The molecule has 0 saturated carbocycles. The van der Waals surface area contributed by atoms with Crippen LogP contribution in [0.2, 0.25) is 0 Å². The lowest BCUT2D eigenvalue weighted by Gasteiger charge is -2.08. The van der Waals surface area contributed by atoms with Crippen molar-refractivity contribution in [2.24, 2.45) is 0 Å². The maximum absolute atomic E-state index is 10.7. The Morgan fingerprint density at radius 2 is 1.11 bits per heavy atom. The van der Waals surface area contributed by atoms with E-state index in [4.69, 9.17) is 0 Å². The highest BCUT2D eigenvalue weighted by Crippen LogP contribution is 1.97. The lowest BCUT2D eigenvalue weighted by atomic mass is 10.5. The molecule has 0 atom stereocenters. The quantitative estimate of drug-likeness (QED) is 0.435. The van der Waals surface area contributed by atoms with Crippen LogP contribution < -0.4 is 0 Å². The Kier molecular flexibility index (Phi) is 10.6. The van der Waals surface area contributed by atoms with Crippen molar-refractivity contribution in [3.05, 3.63) is 12.7 Å². The van der Waals surface area contributed by atoms with Crippen LogP contribution in [-0.4, -0.2) is 24.5 Å². The molecule has 8 heteroatoms. The van der Waals surface area contributed by atoms with E-state index in [2.05, 4.69) is 25.8 Å². The summed E-state index contributed by atoms with van der Waals surface area (Å²) in [6.07, 6.45) is -4.68. The lowest BCUT2D eigenvalue weighted by Crippen LogP contribution is -2.18. The van der Waals surface area contributed by atoms with Gasteiger partial charge in [-0.15, -0.1) is 0 Å². The molecular weight excluding hydrogens is 254 g/mol. The SMILES string of the molecule is C=C(F)F.CC(C)OC(=O)OOC(=O)OC(C)C. The molecule has 0 aliphatic heterocycles. The van der Waals surface area contributed by atoms with Crippen LogP contribution in [0.3, 0.4) is 0 Å².